The number of hydrogen-bond acceptors (Lipinski definition) is 5. The highest BCUT2D eigenvalue weighted by atomic mass is 32.1. The molecule has 0 aromatic heterocycles. The fraction of sp³-hybridized carbons (Fsp3) is 0.167. The minimum atomic E-state index is 0.131. The summed E-state index contributed by atoms with van der Waals surface area (Å²) < 4.78 is 16.2. The van der Waals surface area contributed by atoms with Gasteiger partial charge in [-0.05, 0) is 36.0 Å². The van der Waals surface area contributed by atoms with Crippen LogP contribution in [-0.2, 0) is 0 Å². The lowest BCUT2D eigenvalue weighted by atomic mass is 10.1. The number of nitrogens with two attached hydrogens (primary N) is 1. The Kier molecular flexibility index (Phi) is 6.47. The third-order valence-electron chi connectivity index (χ3n) is 3.43. The number of ether oxygens (including phenoxy) is 3. The summed E-state index contributed by atoms with van der Waals surface area (Å²) in [4.78, 5) is 0. The molecule has 0 saturated heterocycles. The average Bonchev–Trinajstić information content (AvgIpc) is 3.13. The average molecular weight is 359 g/mol. The molecule has 0 fully saturated rings. The second-order valence-electron chi connectivity index (χ2n) is 4.99. The molecular weight excluding hydrogens is 338 g/mol. The van der Waals surface area contributed by atoms with Crippen LogP contribution in [0.15, 0.2) is 54.2 Å². The molecule has 1 aliphatic rings. The maximum Gasteiger partial charge on any atom is 0.203 e. The number of allylic oxidation sites excluding steroid dienone is 7. The second-order valence-corrected chi connectivity index (χ2v) is 5.43. The van der Waals surface area contributed by atoms with E-state index in [2.05, 4.69) is 10.9 Å². The molecule has 0 bridgehead atoms. The molecular formula is C18H21N3O3S. The van der Waals surface area contributed by atoms with E-state index >= 15 is 0 Å². The molecule has 0 spiro atoms. The van der Waals surface area contributed by atoms with Crippen molar-refractivity contribution < 1.29 is 14.2 Å². The van der Waals surface area contributed by atoms with Crippen LogP contribution in [-0.4, -0.2) is 26.4 Å². The van der Waals surface area contributed by atoms with E-state index in [0.29, 0.717) is 17.2 Å². The first-order valence-electron chi connectivity index (χ1n) is 7.47. The predicted octanol–water partition coefficient (Wildman–Crippen LogP) is 2.44. The predicted molar refractivity (Wildman–Crippen MR) is 103 cm³/mol. The fourth-order valence-electron chi connectivity index (χ4n) is 2.26. The Hall–Kier alpha value is -2.93. The van der Waals surface area contributed by atoms with Gasteiger partial charge in [0.1, 0.15) is 0 Å². The van der Waals surface area contributed by atoms with Crippen molar-refractivity contribution in [2.24, 2.45) is 5.73 Å². The van der Waals surface area contributed by atoms with Gasteiger partial charge in [0.05, 0.1) is 27.0 Å². The fourth-order valence-corrected chi connectivity index (χ4v) is 2.31. The van der Waals surface area contributed by atoms with E-state index in [0.717, 1.165) is 16.8 Å². The van der Waals surface area contributed by atoms with E-state index < -0.39 is 0 Å². The number of methoxy groups -OCH3 is 3. The molecule has 2 rings (SSSR count). The van der Waals surface area contributed by atoms with Crippen LogP contribution in [0.3, 0.4) is 0 Å². The van der Waals surface area contributed by atoms with Crippen molar-refractivity contribution in [3.63, 3.8) is 0 Å². The molecule has 4 N–H and O–H groups in total. The van der Waals surface area contributed by atoms with Gasteiger partial charge in [0.25, 0.3) is 0 Å². The van der Waals surface area contributed by atoms with Crippen LogP contribution in [0.1, 0.15) is 5.56 Å². The molecule has 0 amide bonds. The van der Waals surface area contributed by atoms with Crippen LogP contribution >= 0.6 is 12.2 Å². The van der Waals surface area contributed by atoms with Crippen LogP contribution in [0.2, 0.25) is 0 Å². The Morgan fingerprint density at radius 2 is 1.60 bits per heavy atom. The van der Waals surface area contributed by atoms with Gasteiger partial charge >= 0.3 is 0 Å². The molecule has 0 radical (unpaired) electrons. The quantitative estimate of drug-likeness (QED) is 0.510. The summed E-state index contributed by atoms with van der Waals surface area (Å²) in [7, 11) is 4.70. The molecule has 0 heterocycles. The lowest BCUT2D eigenvalue weighted by molar-refractivity contribution is 0.324. The largest absolute Gasteiger partial charge is 0.493 e. The number of hydrogen-bond donors (Lipinski definition) is 3. The molecule has 7 heteroatoms. The van der Waals surface area contributed by atoms with Crippen LogP contribution in [0.5, 0.6) is 17.2 Å². The summed E-state index contributed by atoms with van der Waals surface area (Å²) in [5.74, 6) is 1.62. The standard InChI is InChI=1S/C18H21N3O3S/c1-22-15-10-13(11-16(23-2)17(15)24-3)14(20-21-18(19)25)9-8-12-6-4-5-7-12/h4-11,20H,1-3H3,(H3,19,21,25)/b14-9-. The van der Waals surface area contributed by atoms with Crippen molar-refractivity contribution in [2.75, 3.05) is 21.3 Å². The lowest BCUT2D eigenvalue weighted by Crippen LogP contribution is -2.39. The topological polar surface area (TPSA) is 77.8 Å². The summed E-state index contributed by atoms with van der Waals surface area (Å²) >= 11 is 4.86. The van der Waals surface area contributed by atoms with Gasteiger partial charge in [-0.25, -0.2) is 0 Å². The number of hydrazine groups is 1. The highest BCUT2D eigenvalue weighted by molar-refractivity contribution is 7.80. The Morgan fingerprint density at radius 3 is 2.08 bits per heavy atom. The zero-order chi connectivity index (χ0) is 18.2. The van der Waals surface area contributed by atoms with E-state index in [9.17, 15) is 0 Å². The van der Waals surface area contributed by atoms with Gasteiger partial charge < -0.3 is 19.9 Å². The SMILES string of the molecule is COc1cc(/C(=C/C=C2C=CC=C2)NNC(N)=S)cc(OC)c1OC. The summed E-state index contributed by atoms with van der Waals surface area (Å²) in [5, 5.41) is 0.131. The highest BCUT2D eigenvalue weighted by Gasteiger charge is 2.15. The van der Waals surface area contributed by atoms with E-state index in [1.807, 2.05) is 48.6 Å². The molecule has 132 valence electrons. The molecule has 0 saturated carbocycles. The Labute approximate surface area is 152 Å². The number of thiocarbonyl (C=S) groups is 1. The number of benzene rings is 1. The molecule has 25 heavy (non-hydrogen) atoms. The van der Waals surface area contributed by atoms with E-state index in [1.165, 1.54) is 0 Å². The molecule has 0 unspecified atom stereocenters. The van der Waals surface area contributed by atoms with Crippen LogP contribution in [0.25, 0.3) is 5.70 Å². The monoisotopic (exact) mass is 359 g/mol. The van der Waals surface area contributed by atoms with Gasteiger partial charge in [0, 0.05) is 5.56 Å². The van der Waals surface area contributed by atoms with Crippen molar-refractivity contribution in [3.8, 4) is 17.2 Å². The summed E-state index contributed by atoms with van der Waals surface area (Å²) in [6.45, 7) is 0. The van der Waals surface area contributed by atoms with Crippen LogP contribution in [0, 0.1) is 0 Å². The third kappa shape index (κ3) is 4.77. The summed E-state index contributed by atoms with van der Waals surface area (Å²) in [6.07, 6.45) is 11.8. The van der Waals surface area contributed by atoms with E-state index in [-0.39, 0.29) is 5.11 Å². The summed E-state index contributed by atoms with van der Waals surface area (Å²) in [6, 6.07) is 3.67. The Morgan fingerprint density at radius 1 is 1.00 bits per heavy atom. The third-order valence-corrected chi connectivity index (χ3v) is 3.53. The van der Waals surface area contributed by atoms with Gasteiger partial charge in [-0.3, -0.25) is 10.9 Å². The zero-order valence-electron chi connectivity index (χ0n) is 14.3. The van der Waals surface area contributed by atoms with Crippen molar-refractivity contribution in [3.05, 3.63) is 59.7 Å². The van der Waals surface area contributed by atoms with Crippen LogP contribution < -0.4 is 30.8 Å². The molecule has 0 atom stereocenters. The molecule has 1 aliphatic carbocycles. The Bertz CT molecular complexity index is 728. The van der Waals surface area contributed by atoms with Crippen molar-refractivity contribution in [2.45, 2.75) is 0 Å². The van der Waals surface area contributed by atoms with Gasteiger partial charge in [0.15, 0.2) is 16.6 Å². The molecule has 1 aromatic rings. The minimum Gasteiger partial charge on any atom is -0.493 e. The normalized spacial score (nSPS) is 12.8. The second kappa shape index (κ2) is 8.79. The van der Waals surface area contributed by atoms with Crippen LogP contribution in [0.4, 0.5) is 0 Å². The zero-order valence-corrected chi connectivity index (χ0v) is 15.1. The molecule has 6 nitrogen and oxygen atoms in total. The smallest absolute Gasteiger partial charge is 0.203 e. The molecule has 1 aromatic carbocycles. The van der Waals surface area contributed by atoms with Gasteiger partial charge in [-0.1, -0.05) is 30.4 Å². The van der Waals surface area contributed by atoms with Gasteiger partial charge in [0.2, 0.25) is 5.75 Å². The number of nitrogens with one attached hydrogen (secondary N) is 2. The van der Waals surface area contributed by atoms with Crippen molar-refractivity contribution in [1.82, 2.24) is 10.9 Å². The first kappa shape index (κ1) is 18.4. The first-order chi connectivity index (χ1) is 12.1. The van der Waals surface area contributed by atoms with E-state index in [1.54, 1.807) is 21.3 Å². The highest BCUT2D eigenvalue weighted by Crippen LogP contribution is 2.39. The Balaban J connectivity index is 2.46. The lowest BCUT2D eigenvalue weighted by Gasteiger charge is -2.17. The van der Waals surface area contributed by atoms with Crippen molar-refractivity contribution >= 4 is 23.0 Å². The first-order valence-corrected chi connectivity index (χ1v) is 7.88. The maximum absolute atomic E-state index is 5.52. The minimum absolute atomic E-state index is 0.131. The number of rotatable bonds is 7. The van der Waals surface area contributed by atoms with Gasteiger partial charge in [-0.15, -0.1) is 0 Å². The van der Waals surface area contributed by atoms with E-state index in [4.69, 9.17) is 32.2 Å². The molecule has 0 aliphatic heterocycles. The maximum atomic E-state index is 5.52. The summed E-state index contributed by atoms with van der Waals surface area (Å²) in [5.41, 5.74) is 13.9. The van der Waals surface area contributed by atoms with Gasteiger partial charge in [-0.2, -0.15) is 0 Å². The van der Waals surface area contributed by atoms with Crippen molar-refractivity contribution in [1.29, 1.82) is 0 Å².